The normalized spacial score (nSPS) is 16.7. The highest BCUT2D eigenvalue weighted by molar-refractivity contribution is 7.92. The largest absolute Gasteiger partial charge is 0.322 e. The molecule has 1 atom stereocenters. The van der Waals surface area contributed by atoms with Crippen LogP contribution in [0.3, 0.4) is 0 Å². The Morgan fingerprint density at radius 2 is 1.62 bits per heavy atom. The van der Waals surface area contributed by atoms with Crippen LogP contribution in [-0.4, -0.2) is 32.3 Å². The summed E-state index contributed by atoms with van der Waals surface area (Å²) in [6.07, 6.45) is 2.53. The van der Waals surface area contributed by atoms with Gasteiger partial charge in [0.25, 0.3) is 15.9 Å². The second-order valence-corrected chi connectivity index (χ2v) is 10.9. The molecule has 0 radical (unpaired) electrons. The first-order valence-corrected chi connectivity index (χ1v) is 13.2. The molecule has 0 unspecified atom stereocenters. The van der Waals surface area contributed by atoms with Crippen LogP contribution in [0.1, 0.15) is 35.7 Å². The van der Waals surface area contributed by atoms with Crippen LogP contribution in [0.4, 0.5) is 11.4 Å². The fourth-order valence-corrected chi connectivity index (χ4v) is 5.29. The van der Waals surface area contributed by atoms with Crippen LogP contribution in [0.25, 0.3) is 0 Å². The number of nitrogens with zero attached hydrogens (tertiary/aromatic N) is 1. The van der Waals surface area contributed by atoms with Gasteiger partial charge < -0.3 is 5.32 Å². The fraction of sp³-hybridized carbons (Fsp3) is 0.269. The van der Waals surface area contributed by atoms with Crippen molar-refractivity contribution in [1.82, 2.24) is 4.90 Å². The number of benzene rings is 3. The van der Waals surface area contributed by atoms with Crippen molar-refractivity contribution in [1.29, 1.82) is 0 Å². The predicted octanol–water partition coefficient (Wildman–Crippen LogP) is 5.63. The van der Waals surface area contributed by atoms with Crippen molar-refractivity contribution >= 4 is 38.9 Å². The first-order valence-electron chi connectivity index (χ1n) is 11.3. The summed E-state index contributed by atoms with van der Waals surface area (Å²) < 4.78 is 27.7. The summed E-state index contributed by atoms with van der Waals surface area (Å²) in [4.78, 5) is 15.2. The standard InChI is InChI=1S/C26H28ClN3O3S/c1-19-3-2-16-30(17-19)18-20-4-6-21(7-5-20)26(31)28-23-12-14-25(15-13-23)34(32,33)29-24-10-8-22(27)9-11-24/h4-15,19,29H,2-3,16-18H2,1H3,(H,28,31)/t19-/m0/s1. The molecule has 0 bridgehead atoms. The molecule has 1 fully saturated rings. The van der Waals surface area contributed by atoms with E-state index in [9.17, 15) is 13.2 Å². The van der Waals surface area contributed by atoms with Gasteiger partial charge in [0.05, 0.1) is 4.90 Å². The third-order valence-electron chi connectivity index (χ3n) is 5.88. The quantitative estimate of drug-likeness (QED) is 0.443. The maximum atomic E-state index is 12.6. The molecule has 1 saturated heterocycles. The highest BCUT2D eigenvalue weighted by Gasteiger charge is 2.17. The summed E-state index contributed by atoms with van der Waals surface area (Å²) in [6, 6.07) is 20.1. The van der Waals surface area contributed by atoms with E-state index in [1.54, 1.807) is 36.4 Å². The number of amides is 1. The van der Waals surface area contributed by atoms with Crippen LogP contribution in [0, 0.1) is 5.92 Å². The van der Waals surface area contributed by atoms with E-state index in [2.05, 4.69) is 21.9 Å². The number of anilines is 2. The van der Waals surface area contributed by atoms with Gasteiger partial charge >= 0.3 is 0 Å². The third-order valence-corrected chi connectivity index (χ3v) is 7.53. The van der Waals surface area contributed by atoms with E-state index < -0.39 is 10.0 Å². The third kappa shape index (κ3) is 6.38. The smallest absolute Gasteiger partial charge is 0.261 e. The number of likely N-dealkylation sites (tertiary alicyclic amines) is 1. The number of carbonyl (C=O) groups excluding carboxylic acids is 1. The first-order chi connectivity index (χ1) is 16.3. The Morgan fingerprint density at radius 1 is 0.971 bits per heavy atom. The summed E-state index contributed by atoms with van der Waals surface area (Å²) in [5.74, 6) is 0.487. The molecule has 34 heavy (non-hydrogen) atoms. The van der Waals surface area contributed by atoms with Crippen LogP contribution in [-0.2, 0) is 16.6 Å². The number of halogens is 1. The highest BCUT2D eigenvalue weighted by atomic mass is 35.5. The lowest BCUT2D eigenvalue weighted by Crippen LogP contribution is -2.33. The average Bonchev–Trinajstić information content (AvgIpc) is 2.81. The lowest BCUT2D eigenvalue weighted by molar-refractivity contribution is 0.102. The van der Waals surface area contributed by atoms with Gasteiger partial charge in [-0.15, -0.1) is 0 Å². The maximum absolute atomic E-state index is 12.6. The number of rotatable bonds is 7. The van der Waals surface area contributed by atoms with Gasteiger partial charge in [-0.25, -0.2) is 8.42 Å². The minimum absolute atomic E-state index is 0.0943. The molecule has 1 aliphatic rings. The van der Waals surface area contributed by atoms with Crippen molar-refractivity contribution < 1.29 is 13.2 Å². The monoisotopic (exact) mass is 497 g/mol. The fourth-order valence-electron chi connectivity index (χ4n) is 4.10. The van der Waals surface area contributed by atoms with Gasteiger partial charge in [0.1, 0.15) is 0 Å². The molecular formula is C26H28ClN3O3S. The summed E-state index contributed by atoms with van der Waals surface area (Å²) in [5.41, 5.74) is 2.67. The lowest BCUT2D eigenvalue weighted by atomic mass is 9.99. The zero-order chi connectivity index (χ0) is 24.1. The van der Waals surface area contributed by atoms with Crippen LogP contribution in [0.2, 0.25) is 5.02 Å². The lowest BCUT2D eigenvalue weighted by Gasteiger charge is -2.30. The van der Waals surface area contributed by atoms with Crippen molar-refractivity contribution in [3.05, 3.63) is 88.9 Å². The molecule has 1 aliphatic heterocycles. The van der Waals surface area contributed by atoms with Gasteiger partial charge in [-0.2, -0.15) is 0 Å². The Balaban J connectivity index is 1.35. The Bertz CT molecular complexity index is 1230. The van der Waals surface area contributed by atoms with E-state index in [4.69, 9.17) is 11.6 Å². The summed E-state index contributed by atoms with van der Waals surface area (Å²) in [7, 11) is -3.75. The van der Waals surface area contributed by atoms with E-state index in [-0.39, 0.29) is 10.8 Å². The molecule has 0 saturated carbocycles. The maximum Gasteiger partial charge on any atom is 0.261 e. The molecule has 3 aromatic rings. The molecule has 178 valence electrons. The van der Waals surface area contributed by atoms with Crippen LogP contribution in [0.15, 0.2) is 77.7 Å². The van der Waals surface area contributed by atoms with Crippen molar-refractivity contribution in [2.24, 2.45) is 5.92 Å². The van der Waals surface area contributed by atoms with Gasteiger partial charge in [0.15, 0.2) is 0 Å². The van der Waals surface area contributed by atoms with Gasteiger partial charge in [0, 0.05) is 35.1 Å². The molecule has 4 rings (SSSR count). The zero-order valence-corrected chi connectivity index (χ0v) is 20.6. The molecule has 0 aromatic heterocycles. The van der Waals surface area contributed by atoms with Crippen molar-refractivity contribution in [2.75, 3.05) is 23.1 Å². The van der Waals surface area contributed by atoms with Gasteiger partial charge in [0.2, 0.25) is 0 Å². The minimum Gasteiger partial charge on any atom is -0.322 e. The van der Waals surface area contributed by atoms with Gasteiger partial charge in [-0.1, -0.05) is 30.7 Å². The van der Waals surface area contributed by atoms with Crippen LogP contribution in [0.5, 0.6) is 0 Å². The van der Waals surface area contributed by atoms with Crippen LogP contribution < -0.4 is 10.0 Å². The number of nitrogens with one attached hydrogen (secondary N) is 2. The van der Waals surface area contributed by atoms with E-state index in [1.807, 2.05) is 24.3 Å². The molecule has 1 heterocycles. The predicted molar refractivity (Wildman–Crippen MR) is 137 cm³/mol. The van der Waals surface area contributed by atoms with Gasteiger partial charge in [-0.3, -0.25) is 14.4 Å². The molecule has 2 N–H and O–H groups in total. The Labute approximate surface area is 206 Å². The number of sulfonamides is 1. The molecule has 3 aromatic carbocycles. The average molecular weight is 498 g/mol. The second-order valence-electron chi connectivity index (χ2n) is 8.77. The topological polar surface area (TPSA) is 78.5 Å². The summed E-state index contributed by atoms with van der Waals surface area (Å²) in [5, 5.41) is 3.34. The number of hydrogen-bond acceptors (Lipinski definition) is 4. The SMILES string of the molecule is C[C@H]1CCCN(Cc2ccc(C(=O)Nc3ccc(S(=O)(=O)Nc4ccc(Cl)cc4)cc3)cc2)C1. The van der Waals surface area contributed by atoms with E-state index in [0.29, 0.717) is 22.0 Å². The molecule has 0 spiro atoms. The number of carbonyl (C=O) groups is 1. The van der Waals surface area contributed by atoms with Crippen molar-refractivity contribution in [3.8, 4) is 0 Å². The number of hydrogen-bond donors (Lipinski definition) is 2. The Hall–Kier alpha value is -2.87. The van der Waals surface area contributed by atoms with Crippen molar-refractivity contribution in [2.45, 2.75) is 31.2 Å². The van der Waals surface area contributed by atoms with Crippen molar-refractivity contribution in [3.63, 3.8) is 0 Å². The molecule has 1 amide bonds. The molecule has 8 heteroatoms. The summed E-state index contributed by atoms with van der Waals surface area (Å²) >= 11 is 5.84. The zero-order valence-electron chi connectivity index (χ0n) is 19.0. The van der Waals surface area contributed by atoms with E-state index >= 15 is 0 Å². The number of piperidine rings is 1. The minimum atomic E-state index is -3.75. The Morgan fingerprint density at radius 3 is 2.26 bits per heavy atom. The van der Waals surface area contributed by atoms with E-state index in [1.165, 1.54) is 30.5 Å². The molecule has 0 aliphatic carbocycles. The highest BCUT2D eigenvalue weighted by Crippen LogP contribution is 2.21. The van der Waals surface area contributed by atoms with Gasteiger partial charge in [-0.05, 0) is 91.5 Å². The first kappa shape index (κ1) is 24.3. The summed E-state index contributed by atoms with van der Waals surface area (Å²) in [6.45, 7) is 5.42. The Kier molecular flexibility index (Phi) is 7.56. The molecule has 6 nitrogen and oxygen atoms in total. The van der Waals surface area contributed by atoms with Crippen LogP contribution >= 0.6 is 11.6 Å². The molecular weight excluding hydrogens is 470 g/mol. The second kappa shape index (κ2) is 10.6. The van der Waals surface area contributed by atoms with E-state index in [0.717, 1.165) is 25.6 Å².